The number of carbonyl (C=O) groups is 1. The molecule has 2 saturated heterocycles. The normalized spacial score (nSPS) is 18.3. The van der Waals surface area contributed by atoms with Gasteiger partial charge in [0.2, 0.25) is 11.7 Å². The molecule has 2 aromatic heterocycles. The van der Waals surface area contributed by atoms with Crippen molar-refractivity contribution in [1.82, 2.24) is 19.4 Å². The molecule has 2 aliphatic heterocycles. The van der Waals surface area contributed by atoms with Crippen LogP contribution in [0.25, 0.3) is 11.0 Å². The lowest BCUT2D eigenvalue weighted by Gasteiger charge is -2.36. The predicted octanol–water partition coefficient (Wildman–Crippen LogP) is 7.20. The Morgan fingerprint density at radius 1 is 0.941 bits per heavy atom. The van der Waals surface area contributed by atoms with Crippen LogP contribution in [0, 0.1) is 11.6 Å². The average molecular weight is 716 g/mol. The van der Waals surface area contributed by atoms with Crippen molar-refractivity contribution in [3.05, 3.63) is 99.7 Å². The predicted molar refractivity (Wildman–Crippen MR) is 196 cm³/mol. The maximum Gasteiger partial charge on any atom is 0.254 e. The Morgan fingerprint density at radius 2 is 1.71 bits per heavy atom. The van der Waals surface area contributed by atoms with E-state index < -0.39 is 17.0 Å². The van der Waals surface area contributed by atoms with Crippen LogP contribution in [0.5, 0.6) is 17.2 Å². The number of rotatable bonds is 12. The topological polar surface area (TPSA) is 81.1 Å². The fourth-order valence-corrected chi connectivity index (χ4v) is 8.30. The third-order valence-corrected chi connectivity index (χ3v) is 11.3. The van der Waals surface area contributed by atoms with Crippen LogP contribution in [0.2, 0.25) is 0 Å². The summed E-state index contributed by atoms with van der Waals surface area (Å²) in [5.41, 5.74) is 2.67. The Labute approximate surface area is 300 Å². The van der Waals surface area contributed by atoms with Crippen LogP contribution in [0.15, 0.2) is 72.1 Å². The molecular formula is C39H43F2N5O4S. The molecule has 4 heterocycles. The lowest BCUT2D eigenvalue weighted by atomic mass is 9.76. The number of ether oxygens (including phenoxy) is 3. The standard InChI is InChI=1S/C39H43F2N5O4S/c1-48-34-21-26(22-35(49-2)36(34)50-3)37(47)45-19-15-39(25-45,27-10-11-30(40)31(41)23-27)14-18-44-16-12-28(13-17-44)42-38-43-32-8-4-5-9-33(32)46(38)24-29-7-6-20-51-29/h4-11,20-23,28H,12-19,24-25H2,1-3H3,(H,42,43). The minimum atomic E-state index is -0.879. The van der Waals surface area contributed by atoms with Gasteiger partial charge in [-0.2, -0.15) is 0 Å². The van der Waals surface area contributed by atoms with Crippen LogP contribution in [-0.4, -0.2) is 85.4 Å². The van der Waals surface area contributed by atoms with Gasteiger partial charge in [0.05, 0.1) is 38.9 Å². The number of halogens is 2. The zero-order chi connectivity index (χ0) is 35.5. The Kier molecular flexibility index (Phi) is 10.1. The number of methoxy groups -OCH3 is 3. The molecule has 1 N–H and O–H groups in total. The second kappa shape index (κ2) is 14.9. The minimum absolute atomic E-state index is 0.185. The number of thiophene rings is 1. The van der Waals surface area contributed by atoms with E-state index >= 15 is 0 Å². The second-order valence-electron chi connectivity index (χ2n) is 13.4. The summed E-state index contributed by atoms with van der Waals surface area (Å²) >= 11 is 1.75. The Hall–Kier alpha value is -4.68. The summed E-state index contributed by atoms with van der Waals surface area (Å²) < 4.78 is 47.4. The summed E-state index contributed by atoms with van der Waals surface area (Å²) in [6.45, 7) is 4.19. The molecule has 2 aliphatic rings. The van der Waals surface area contributed by atoms with Crippen molar-refractivity contribution in [3.8, 4) is 17.2 Å². The number of likely N-dealkylation sites (tertiary alicyclic amines) is 2. The molecule has 1 amide bonds. The number of nitrogens with one attached hydrogen (secondary N) is 1. The van der Waals surface area contributed by atoms with Crippen molar-refractivity contribution in [2.45, 2.75) is 43.7 Å². The van der Waals surface area contributed by atoms with E-state index in [-0.39, 0.29) is 11.9 Å². The SMILES string of the molecule is COc1cc(C(=O)N2CCC(CCN3CCC(Nc4nc5ccccc5n4Cc4cccs4)CC3)(c3ccc(F)c(F)c3)C2)cc(OC)c1OC. The highest BCUT2D eigenvalue weighted by Crippen LogP contribution is 2.42. The molecule has 3 aromatic carbocycles. The number of carbonyl (C=O) groups excluding carboxylic acids is 1. The molecule has 1 unspecified atom stereocenters. The lowest BCUT2D eigenvalue weighted by molar-refractivity contribution is 0.0779. The summed E-state index contributed by atoms with van der Waals surface area (Å²) in [6, 6.07) is 20.2. The van der Waals surface area contributed by atoms with E-state index in [4.69, 9.17) is 19.2 Å². The Morgan fingerprint density at radius 3 is 2.39 bits per heavy atom. The summed E-state index contributed by atoms with van der Waals surface area (Å²) in [7, 11) is 4.54. The second-order valence-corrected chi connectivity index (χ2v) is 14.4. The average Bonchev–Trinajstić information content (AvgIpc) is 3.92. The highest BCUT2D eigenvalue weighted by molar-refractivity contribution is 7.09. The molecule has 0 aliphatic carbocycles. The van der Waals surface area contributed by atoms with Gasteiger partial charge in [-0.05, 0) is 85.6 Å². The maximum absolute atomic E-state index is 14.7. The highest BCUT2D eigenvalue weighted by Gasteiger charge is 2.42. The molecule has 0 radical (unpaired) electrons. The third kappa shape index (κ3) is 7.12. The quantitative estimate of drug-likeness (QED) is 0.146. The molecule has 5 aromatic rings. The van der Waals surface area contributed by atoms with Gasteiger partial charge < -0.3 is 33.9 Å². The van der Waals surface area contributed by atoms with E-state index in [1.54, 1.807) is 34.4 Å². The molecular weight excluding hydrogens is 673 g/mol. The summed E-state index contributed by atoms with van der Waals surface area (Å²) in [4.78, 5) is 24.4. The van der Waals surface area contributed by atoms with Crippen molar-refractivity contribution in [2.24, 2.45) is 0 Å². The van der Waals surface area contributed by atoms with Crippen LogP contribution in [-0.2, 0) is 12.0 Å². The number of nitrogens with zero attached hydrogens (tertiary/aromatic N) is 4. The van der Waals surface area contributed by atoms with Gasteiger partial charge in [-0.1, -0.05) is 24.3 Å². The molecule has 7 rings (SSSR count). The molecule has 0 spiro atoms. The summed E-state index contributed by atoms with van der Waals surface area (Å²) in [6.07, 6.45) is 3.23. The van der Waals surface area contributed by atoms with Gasteiger partial charge in [0.15, 0.2) is 23.1 Å². The van der Waals surface area contributed by atoms with Crippen molar-refractivity contribution >= 4 is 34.2 Å². The van der Waals surface area contributed by atoms with Crippen LogP contribution in [0.3, 0.4) is 0 Å². The molecule has 9 nitrogen and oxygen atoms in total. The molecule has 12 heteroatoms. The van der Waals surface area contributed by atoms with Crippen LogP contribution in [0.1, 0.15) is 46.5 Å². The molecule has 1 atom stereocenters. The molecule has 2 fully saturated rings. The zero-order valence-electron chi connectivity index (χ0n) is 29.2. The number of hydrogen-bond donors (Lipinski definition) is 1. The number of benzene rings is 3. The van der Waals surface area contributed by atoms with E-state index in [2.05, 4.69) is 50.5 Å². The van der Waals surface area contributed by atoms with Crippen LogP contribution < -0.4 is 19.5 Å². The van der Waals surface area contributed by atoms with Crippen molar-refractivity contribution < 1.29 is 27.8 Å². The van der Waals surface area contributed by atoms with Gasteiger partial charge in [0.25, 0.3) is 5.91 Å². The van der Waals surface area contributed by atoms with Crippen LogP contribution in [0.4, 0.5) is 14.7 Å². The van der Waals surface area contributed by atoms with E-state index in [1.165, 1.54) is 38.3 Å². The van der Waals surface area contributed by atoms with Gasteiger partial charge in [-0.25, -0.2) is 13.8 Å². The third-order valence-electron chi connectivity index (χ3n) is 10.5. The fourth-order valence-electron chi connectivity index (χ4n) is 7.60. The smallest absolute Gasteiger partial charge is 0.254 e. The number of piperidine rings is 1. The highest BCUT2D eigenvalue weighted by atomic mass is 32.1. The van der Waals surface area contributed by atoms with E-state index in [0.29, 0.717) is 54.3 Å². The van der Waals surface area contributed by atoms with Crippen molar-refractivity contribution in [2.75, 3.05) is 59.4 Å². The number of hydrogen-bond acceptors (Lipinski definition) is 8. The molecule has 0 saturated carbocycles. The van der Waals surface area contributed by atoms with Crippen molar-refractivity contribution in [3.63, 3.8) is 0 Å². The Bertz CT molecular complexity index is 1970. The number of anilines is 1. The van der Waals surface area contributed by atoms with E-state index in [0.717, 1.165) is 56.0 Å². The number of aromatic nitrogens is 2. The first kappa shape index (κ1) is 34.8. The van der Waals surface area contributed by atoms with Gasteiger partial charge in [0.1, 0.15) is 0 Å². The summed E-state index contributed by atoms with van der Waals surface area (Å²) in [5, 5.41) is 5.86. The first-order chi connectivity index (χ1) is 24.8. The van der Waals surface area contributed by atoms with E-state index in [9.17, 15) is 13.6 Å². The largest absolute Gasteiger partial charge is 0.493 e. The van der Waals surface area contributed by atoms with Crippen LogP contribution >= 0.6 is 11.3 Å². The van der Waals surface area contributed by atoms with Crippen molar-refractivity contribution in [1.29, 1.82) is 0 Å². The van der Waals surface area contributed by atoms with Gasteiger partial charge >= 0.3 is 0 Å². The first-order valence-electron chi connectivity index (χ1n) is 17.3. The first-order valence-corrected chi connectivity index (χ1v) is 18.2. The number of amides is 1. The van der Waals surface area contributed by atoms with Gasteiger partial charge in [-0.3, -0.25) is 4.79 Å². The number of para-hydroxylation sites is 2. The minimum Gasteiger partial charge on any atom is -0.493 e. The fraction of sp³-hybridized carbons (Fsp3) is 0.385. The molecule has 0 bridgehead atoms. The Balaban J connectivity index is 1.04. The van der Waals surface area contributed by atoms with Gasteiger partial charge in [0, 0.05) is 48.1 Å². The molecule has 51 heavy (non-hydrogen) atoms. The lowest BCUT2D eigenvalue weighted by Crippen LogP contribution is -2.42. The number of imidazole rings is 1. The number of fused-ring (bicyclic) bond motifs is 1. The molecule has 268 valence electrons. The maximum atomic E-state index is 14.7. The zero-order valence-corrected chi connectivity index (χ0v) is 30.0. The van der Waals surface area contributed by atoms with Gasteiger partial charge in [-0.15, -0.1) is 11.3 Å². The summed E-state index contributed by atoms with van der Waals surface area (Å²) in [5.74, 6) is 0.144. The monoisotopic (exact) mass is 715 g/mol. The van der Waals surface area contributed by atoms with E-state index in [1.807, 2.05) is 6.07 Å².